The summed E-state index contributed by atoms with van der Waals surface area (Å²) < 4.78 is 11.5. The molecular formula is C21H24N4O3S. The van der Waals surface area contributed by atoms with E-state index in [1.165, 1.54) is 18.2 Å². The molecule has 1 aliphatic heterocycles. The van der Waals surface area contributed by atoms with Gasteiger partial charge < -0.3 is 14.1 Å². The molecule has 3 aromatic rings. The summed E-state index contributed by atoms with van der Waals surface area (Å²) in [5, 5.41) is 9.44. The van der Waals surface area contributed by atoms with Gasteiger partial charge >= 0.3 is 0 Å². The number of pyridine rings is 1. The fourth-order valence-electron chi connectivity index (χ4n) is 3.80. The number of hydrogen-bond acceptors (Lipinski definition) is 7. The number of fused-ring (bicyclic) bond motifs is 1. The van der Waals surface area contributed by atoms with Crippen molar-refractivity contribution in [1.29, 1.82) is 0 Å². The lowest BCUT2D eigenvalue weighted by Crippen LogP contribution is -2.48. The topological polar surface area (TPSA) is 81.4 Å². The molecule has 0 saturated carbocycles. The SMILES string of the molecule is C[C@@H]1CCC[C@H](C)N1C(=O)CSc1nnc(COc2cccc3cccnc23)o1. The first-order valence-electron chi connectivity index (χ1n) is 9.84. The largest absolute Gasteiger partial charge is 0.482 e. The normalized spacial score (nSPS) is 19.4. The molecule has 29 heavy (non-hydrogen) atoms. The first-order chi connectivity index (χ1) is 14.1. The number of amides is 1. The standard InChI is InChI=1S/C21H24N4O3S/c1-14-6-3-7-15(2)25(14)19(26)13-29-21-24-23-18(28-21)12-27-17-10-4-8-16-9-5-11-22-20(16)17/h4-5,8-11,14-15H,3,6-7,12-13H2,1-2H3/t14-,15+. The highest BCUT2D eigenvalue weighted by atomic mass is 32.2. The Morgan fingerprint density at radius 2 is 2.00 bits per heavy atom. The molecule has 2 atom stereocenters. The zero-order valence-electron chi connectivity index (χ0n) is 16.6. The molecule has 0 radical (unpaired) electrons. The quantitative estimate of drug-likeness (QED) is 0.564. The number of benzene rings is 1. The second-order valence-corrected chi connectivity index (χ2v) is 8.23. The highest BCUT2D eigenvalue weighted by Gasteiger charge is 2.29. The Morgan fingerprint density at radius 1 is 1.21 bits per heavy atom. The molecule has 0 unspecified atom stereocenters. The zero-order chi connectivity index (χ0) is 20.2. The van der Waals surface area contributed by atoms with Crippen LogP contribution >= 0.6 is 11.8 Å². The van der Waals surface area contributed by atoms with E-state index >= 15 is 0 Å². The number of likely N-dealkylation sites (tertiary alicyclic amines) is 1. The highest BCUT2D eigenvalue weighted by molar-refractivity contribution is 7.99. The Morgan fingerprint density at radius 3 is 2.83 bits per heavy atom. The Hall–Kier alpha value is -2.61. The maximum Gasteiger partial charge on any atom is 0.277 e. The average molecular weight is 413 g/mol. The lowest BCUT2D eigenvalue weighted by atomic mass is 9.98. The summed E-state index contributed by atoms with van der Waals surface area (Å²) in [7, 11) is 0. The van der Waals surface area contributed by atoms with E-state index in [0.717, 1.165) is 23.7 Å². The van der Waals surface area contributed by atoms with Crippen LogP contribution in [0.2, 0.25) is 0 Å². The number of carbonyl (C=O) groups is 1. The smallest absolute Gasteiger partial charge is 0.277 e. The number of nitrogens with zero attached hydrogens (tertiary/aromatic N) is 4. The summed E-state index contributed by atoms with van der Waals surface area (Å²) in [6, 6.07) is 10.2. The lowest BCUT2D eigenvalue weighted by Gasteiger charge is -2.39. The minimum Gasteiger partial charge on any atom is -0.482 e. The maximum absolute atomic E-state index is 12.6. The number of hydrogen-bond donors (Lipinski definition) is 0. The number of piperidine rings is 1. The van der Waals surface area contributed by atoms with Crippen molar-refractivity contribution < 1.29 is 13.9 Å². The summed E-state index contributed by atoms with van der Waals surface area (Å²) in [6.45, 7) is 4.38. The second kappa shape index (κ2) is 8.82. The van der Waals surface area contributed by atoms with Gasteiger partial charge in [-0.15, -0.1) is 10.2 Å². The molecule has 152 valence electrons. The van der Waals surface area contributed by atoms with Crippen LogP contribution in [0.4, 0.5) is 0 Å². The van der Waals surface area contributed by atoms with Gasteiger partial charge in [0.1, 0.15) is 11.3 Å². The number of aromatic nitrogens is 3. The minimum atomic E-state index is 0.118. The van der Waals surface area contributed by atoms with Crippen molar-refractivity contribution in [2.75, 3.05) is 5.75 Å². The predicted octanol–water partition coefficient (Wildman–Crippen LogP) is 4.08. The second-order valence-electron chi connectivity index (χ2n) is 7.30. The fraction of sp³-hybridized carbons (Fsp3) is 0.429. The van der Waals surface area contributed by atoms with Gasteiger partial charge in [-0.3, -0.25) is 9.78 Å². The van der Waals surface area contributed by atoms with Gasteiger partial charge in [0, 0.05) is 23.7 Å². The predicted molar refractivity (Wildman–Crippen MR) is 111 cm³/mol. The van der Waals surface area contributed by atoms with Crippen LogP contribution in [0, 0.1) is 0 Å². The maximum atomic E-state index is 12.6. The van der Waals surface area contributed by atoms with Crippen molar-refractivity contribution in [2.24, 2.45) is 0 Å². The Balaban J connectivity index is 1.33. The van der Waals surface area contributed by atoms with E-state index in [1.807, 2.05) is 35.2 Å². The van der Waals surface area contributed by atoms with Crippen LogP contribution in [0.3, 0.4) is 0 Å². The molecule has 0 aliphatic carbocycles. The van der Waals surface area contributed by atoms with Gasteiger partial charge in [0.15, 0.2) is 6.61 Å². The van der Waals surface area contributed by atoms with E-state index in [0.29, 0.717) is 22.6 Å². The van der Waals surface area contributed by atoms with Crippen molar-refractivity contribution in [2.45, 2.75) is 57.0 Å². The summed E-state index contributed by atoms with van der Waals surface area (Å²) in [5.41, 5.74) is 0.791. The monoisotopic (exact) mass is 412 g/mol. The third kappa shape index (κ3) is 4.53. The van der Waals surface area contributed by atoms with Gasteiger partial charge in [0.05, 0.1) is 5.75 Å². The van der Waals surface area contributed by atoms with Crippen LogP contribution in [0.15, 0.2) is 46.2 Å². The molecule has 0 bridgehead atoms. The Labute approximate surface area is 173 Å². The van der Waals surface area contributed by atoms with Gasteiger partial charge in [-0.1, -0.05) is 30.0 Å². The number of carbonyl (C=O) groups excluding carboxylic acids is 1. The minimum absolute atomic E-state index is 0.118. The van der Waals surface area contributed by atoms with E-state index < -0.39 is 0 Å². The van der Waals surface area contributed by atoms with Crippen LogP contribution < -0.4 is 4.74 Å². The van der Waals surface area contributed by atoms with Crippen LogP contribution in [-0.4, -0.2) is 43.8 Å². The molecule has 3 heterocycles. The third-order valence-corrected chi connectivity index (χ3v) is 6.00. The van der Waals surface area contributed by atoms with E-state index in [2.05, 4.69) is 29.0 Å². The van der Waals surface area contributed by atoms with Gasteiger partial charge in [0.2, 0.25) is 5.91 Å². The lowest BCUT2D eigenvalue weighted by molar-refractivity contribution is -0.134. The van der Waals surface area contributed by atoms with Crippen LogP contribution in [0.25, 0.3) is 10.9 Å². The molecule has 4 rings (SSSR count). The molecule has 0 N–H and O–H groups in total. The van der Waals surface area contributed by atoms with Gasteiger partial charge in [-0.2, -0.15) is 0 Å². The molecule has 1 aromatic carbocycles. The van der Waals surface area contributed by atoms with Gasteiger partial charge in [0.25, 0.3) is 11.1 Å². The third-order valence-electron chi connectivity index (χ3n) is 5.20. The Bertz CT molecular complexity index is 977. The Kier molecular flexibility index (Phi) is 5.99. The van der Waals surface area contributed by atoms with E-state index in [-0.39, 0.29) is 24.6 Å². The van der Waals surface area contributed by atoms with Crippen LogP contribution in [0.5, 0.6) is 5.75 Å². The summed E-state index contributed by atoms with van der Waals surface area (Å²) >= 11 is 1.27. The molecule has 1 saturated heterocycles. The molecule has 1 amide bonds. The van der Waals surface area contributed by atoms with Gasteiger partial charge in [-0.05, 0) is 45.2 Å². The highest BCUT2D eigenvalue weighted by Crippen LogP contribution is 2.26. The van der Waals surface area contributed by atoms with Crippen molar-refractivity contribution in [3.63, 3.8) is 0 Å². The van der Waals surface area contributed by atoms with Crippen molar-refractivity contribution >= 4 is 28.6 Å². The zero-order valence-corrected chi connectivity index (χ0v) is 17.4. The number of thioether (sulfide) groups is 1. The number of para-hydroxylation sites is 1. The molecular weight excluding hydrogens is 388 g/mol. The van der Waals surface area contributed by atoms with E-state index in [4.69, 9.17) is 9.15 Å². The number of ether oxygens (including phenoxy) is 1. The number of rotatable bonds is 6. The van der Waals surface area contributed by atoms with Gasteiger partial charge in [-0.25, -0.2) is 0 Å². The molecule has 0 spiro atoms. The first-order valence-corrected chi connectivity index (χ1v) is 10.8. The molecule has 8 heteroatoms. The molecule has 1 aliphatic rings. The van der Waals surface area contributed by atoms with Crippen LogP contribution in [-0.2, 0) is 11.4 Å². The fourth-order valence-corrected chi connectivity index (χ4v) is 4.45. The average Bonchev–Trinajstić information content (AvgIpc) is 3.18. The van der Waals surface area contributed by atoms with Crippen LogP contribution in [0.1, 0.15) is 39.0 Å². The summed E-state index contributed by atoms with van der Waals surface area (Å²) in [4.78, 5) is 19.0. The van der Waals surface area contributed by atoms with Crippen molar-refractivity contribution in [1.82, 2.24) is 20.1 Å². The van der Waals surface area contributed by atoms with Crippen molar-refractivity contribution in [3.8, 4) is 5.75 Å². The molecule has 7 nitrogen and oxygen atoms in total. The van der Waals surface area contributed by atoms with E-state index in [9.17, 15) is 4.79 Å². The summed E-state index contributed by atoms with van der Waals surface area (Å²) in [5.74, 6) is 1.45. The first kappa shape index (κ1) is 19.7. The summed E-state index contributed by atoms with van der Waals surface area (Å²) in [6.07, 6.45) is 5.04. The van der Waals surface area contributed by atoms with E-state index in [1.54, 1.807) is 6.20 Å². The molecule has 2 aromatic heterocycles. The van der Waals surface area contributed by atoms with Crippen molar-refractivity contribution in [3.05, 3.63) is 42.4 Å². The molecule has 1 fully saturated rings.